The molecule has 2 atom stereocenters. The first-order chi connectivity index (χ1) is 8.53. The number of benzene rings is 1. The summed E-state index contributed by atoms with van der Waals surface area (Å²) in [7, 11) is 2.80. The summed E-state index contributed by atoms with van der Waals surface area (Å²) in [5.41, 5.74) is 0.613. The Morgan fingerprint density at radius 2 is 1.56 bits per heavy atom. The van der Waals surface area contributed by atoms with Crippen molar-refractivity contribution in [1.29, 1.82) is 0 Å². The molecular formula is C12H18O6. The van der Waals surface area contributed by atoms with Gasteiger partial charge in [-0.15, -0.1) is 0 Å². The molecular weight excluding hydrogens is 240 g/mol. The molecule has 6 heteroatoms. The van der Waals surface area contributed by atoms with Crippen LogP contribution in [0.4, 0.5) is 0 Å². The number of aliphatic hydroxyl groups excluding tert-OH is 3. The predicted molar refractivity (Wildman–Crippen MR) is 64.0 cm³/mol. The molecule has 0 aliphatic heterocycles. The Morgan fingerprint density at radius 1 is 1.06 bits per heavy atom. The molecule has 1 aromatic rings. The van der Waals surface area contributed by atoms with Gasteiger partial charge in [-0.2, -0.15) is 0 Å². The third-order valence-corrected chi connectivity index (χ3v) is 2.62. The Labute approximate surface area is 105 Å². The fourth-order valence-corrected chi connectivity index (χ4v) is 1.56. The molecule has 102 valence electrons. The lowest BCUT2D eigenvalue weighted by Gasteiger charge is -2.17. The van der Waals surface area contributed by atoms with E-state index in [0.717, 1.165) is 0 Å². The van der Waals surface area contributed by atoms with Crippen molar-refractivity contribution in [2.24, 2.45) is 0 Å². The third-order valence-electron chi connectivity index (χ3n) is 2.62. The van der Waals surface area contributed by atoms with Crippen LogP contribution in [0.15, 0.2) is 12.1 Å². The first-order valence-corrected chi connectivity index (χ1v) is 5.44. The summed E-state index contributed by atoms with van der Waals surface area (Å²) < 4.78 is 9.95. The fraction of sp³-hybridized carbons (Fsp3) is 0.500. The zero-order valence-electron chi connectivity index (χ0n) is 10.3. The summed E-state index contributed by atoms with van der Waals surface area (Å²) in [4.78, 5) is 0. The number of phenolic OH excluding ortho intramolecular Hbond substituents is 1. The van der Waals surface area contributed by atoms with Crippen LogP contribution in [0, 0.1) is 0 Å². The Balaban J connectivity index is 2.96. The van der Waals surface area contributed by atoms with Crippen LogP contribution in [0.5, 0.6) is 17.2 Å². The van der Waals surface area contributed by atoms with Crippen molar-refractivity contribution in [3.8, 4) is 17.2 Å². The van der Waals surface area contributed by atoms with E-state index < -0.39 is 18.8 Å². The quantitative estimate of drug-likeness (QED) is 0.557. The number of aromatic hydroxyl groups is 1. The van der Waals surface area contributed by atoms with Crippen molar-refractivity contribution in [3.05, 3.63) is 17.7 Å². The number of phenols is 1. The van der Waals surface area contributed by atoms with Crippen molar-refractivity contribution in [3.63, 3.8) is 0 Å². The normalized spacial score (nSPS) is 14.1. The lowest BCUT2D eigenvalue weighted by Crippen LogP contribution is -2.31. The van der Waals surface area contributed by atoms with Crippen molar-refractivity contribution in [2.45, 2.75) is 18.6 Å². The van der Waals surface area contributed by atoms with Crippen molar-refractivity contribution >= 4 is 0 Å². The lowest BCUT2D eigenvalue weighted by molar-refractivity contribution is -0.0132. The minimum atomic E-state index is -1.21. The average molecular weight is 258 g/mol. The van der Waals surface area contributed by atoms with Crippen LogP contribution in [0.2, 0.25) is 0 Å². The van der Waals surface area contributed by atoms with E-state index in [1.54, 1.807) is 0 Å². The molecule has 0 saturated heterocycles. The van der Waals surface area contributed by atoms with E-state index in [2.05, 4.69) is 0 Å². The number of rotatable bonds is 6. The van der Waals surface area contributed by atoms with E-state index in [0.29, 0.717) is 5.56 Å². The maximum absolute atomic E-state index is 9.70. The van der Waals surface area contributed by atoms with Gasteiger partial charge in [-0.3, -0.25) is 0 Å². The van der Waals surface area contributed by atoms with Gasteiger partial charge in [0, 0.05) is 6.42 Å². The van der Waals surface area contributed by atoms with Gasteiger partial charge in [0.15, 0.2) is 11.5 Å². The first-order valence-electron chi connectivity index (χ1n) is 5.44. The van der Waals surface area contributed by atoms with E-state index in [1.807, 2.05) is 0 Å². The van der Waals surface area contributed by atoms with Gasteiger partial charge in [0.25, 0.3) is 0 Å². The van der Waals surface area contributed by atoms with Gasteiger partial charge in [-0.1, -0.05) is 0 Å². The summed E-state index contributed by atoms with van der Waals surface area (Å²) in [6.07, 6.45) is -2.21. The largest absolute Gasteiger partial charge is 0.502 e. The molecule has 1 rings (SSSR count). The molecule has 6 nitrogen and oxygen atoms in total. The highest BCUT2D eigenvalue weighted by Gasteiger charge is 2.18. The summed E-state index contributed by atoms with van der Waals surface area (Å²) in [5, 5.41) is 37.3. The molecule has 0 heterocycles. The second-order valence-corrected chi connectivity index (χ2v) is 3.87. The Hall–Kier alpha value is -1.50. The maximum Gasteiger partial charge on any atom is 0.200 e. The SMILES string of the molecule is COc1cc(C[C@@H](O)[C@H](O)CO)cc(OC)c1O. The standard InChI is InChI=1S/C12H18O6/c1-17-10-4-7(3-8(14)9(15)6-13)5-11(18-2)12(10)16/h4-5,8-9,13-16H,3,6H2,1-2H3/t8-,9-/m1/s1. The Bertz CT molecular complexity index is 367. The molecule has 0 bridgehead atoms. The molecule has 0 aliphatic rings. The second-order valence-electron chi connectivity index (χ2n) is 3.87. The smallest absolute Gasteiger partial charge is 0.200 e. The van der Waals surface area contributed by atoms with Crippen LogP contribution < -0.4 is 9.47 Å². The van der Waals surface area contributed by atoms with Gasteiger partial charge in [0.2, 0.25) is 5.75 Å². The third kappa shape index (κ3) is 3.25. The lowest BCUT2D eigenvalue weighted by atomic mass is 10.0. The van der Waals surface area contributed by atoms with Gasteiger partial charge < -0.3 is 29.9 Å². The van der Waals surface area contributed by atoms with E-state index in [9.17, 15) is 15.3 Å². The molecule has 18 heavy (non-hydrogen) atoms. The zero-order valence-corrected chi connectivity index (χ0v) is 10.3. The van der Waals surface area contributed by atoms with Gasteiger partial charge in [-0.25, -0.2) is 0 Å². The highest BCUT2D eigenvalue weighted by molar-refractivity contribution is 5.52. The monoisotopic (exact) mass is 258 g/mol. The van der Waals surface area contributed by atoms with Crippen molar-refractivity contribution < 1.29 is 29.9 Å². The number of methoxy groups -OCH3 is 2. The number of aliphatic hydroxyl groups is 3. The number of ether oxygens (including phenoxy) is 2. The maximum atomic E-state index is 9.70. The highest BCUT2D eigenvalue weighted by atomic mass is 16.5. The molecule has 0 aromatic heterocycles. The molecule has 0 radical (unpaired) electrons. The molecule has 4 N–H and O–H groups in total. The van der Waals surface area contributed by atoms with Gasteiger partial charge in [-0.05, 0) is 17.7 Å². The summed E-state index contributed by atoms with van der Waals surface area (Å²) in [6, 6.07) is 3.07. The minimum absolute atomic E-state index is 0.106. The second kappa shape index (κ2) is 6.44. The van der Waals surface area contributed by atoms with Crippen LogP contribution in [0.1, 0.15) is 5.56 Å². The first kappa shape index (κ1) is 14.6. The van der Waals surface area contributed by atoms with Gasteiger partial charge >= 0.3 is 0 Å². The Kier molecular flexibility index (Phi) is 5.21. The highest BCUT2D eigenvalue weighted by Crippen LogP contribution is 2.37. The molecule has 0 spiro atoms. The fourth-order valence-electron chi connectivity index (χ4n) is 1.56. The van der Waals surface area contributed by atoms with Crippen LogP contribution in [-0.2, 0) is 6.42 Å². The van der Waals surface area contributed by atoms with E-state index in [-0.39, 0.29) is 23.7 Å². The van der Waals surface area contributed by atoms with Crippen LogP contribution in [-0.4, -0.2) is 53.5 Å². The van der Waals surface area contributed by atoms with Gasteiger partial charge in [0.1, 0.15) is 6.10 Å². The molecule has 0 amide bonds. The molecule has 0 fully saturated rings. The molecule has 0 saturated carbocycles. The number of hydrogen-bond acceptors (Lipinski definition) is 6. The van der Waals surface area contributed by atoms with Crippen LogP contribution in [0.25, 0.3) is 0 Å². The number of hydrogen-bond donors (Lipinski definition) is 4. The predicted octanol–water partition coefficient (Wildman–Crippen LogP) is -0.334. The topological polar surface area (TPSA) is 99.4 Å². The van der Waals surface area contributed by atoms with Gasteiger partial charge in [0.05, 0.1) is 26.9 Å². The van der Waals surface area contributed by atoms with Crippen LogP contribution >= 0.6 is 0 Å². The Morgan fingerprint density at radius 3 is 1.94 bits per heavy atom. The summed E-state index contributed by atoms with van der Waals surface area (Å²) >= 11 is 0. The summed E-state index contributed by atoms with van der Waals surface area (Å²) in [5.74, 6) is 0.311. The molecule has 0 aliphatic carbocycles. The van der Waals surface area contributed by atoms with E-state index in [1.165, 1.54) is 26.4 Å². The average Bonchev–Trinajstić information content (AvgIpc) is 2.39. The van der Waals surface area contributed by atoms with Crippen molar-refractivity contribution in [2.75, 3.05) is 20.8 Å². The summed E-state index contributed by atoms with van der Waals surface area (Å²) in [6.45, 7) is -0.520. The zero-order chi connectivity index (χ0) is 13.7. The molecule has 1 aromatic carbocycles. The van der Waals surface area contributed by atoms with E-state index in [4.69, 9.17) is 14.6 Å². The molecule has 0 unspecified atom stereocenters. The van der Waals surface area contributed by atoms with E-state index >= 15 is 0 Å². The van der Waals surface area contributed by atoms with Crippen molar-refractivity contribution in [1.82, 2.24) is 0 Å². The van der Waals surface area contributed by atoms with Crippen LogP contribution in [0.3, 0.4) is 0 Å². The minimum Gasteiger partial charge on any atom is -0.502 e.